The smallest absolute Gasteiger partial charge is 0.149 e. The Labute approximate surface area is 110 Å². The first-order valence-electron chi connectivity index (χ1n) is 5.32. The van der Waals surface area contributed by atoms with Crippen LogP contribution in [0.15, 0.2) is 23.4 Å². The van der Waals surface area contributed by atoms with Gasteiger partial charge in [0.1, 0.15) is 11.9 Å². The molecule has 1 aromatic rings. The summed E-state index contributed by atoms with van der Waals surface area (Å²) in [5, 5.41) is 4.54. The van der Waals surface area contributed by atoms with Crippen LogP contribution in [-0.4, -0.2) is 24.3 Å². The molecule has 1 aliphatic rings. The molecule has 2 unspecified atom stereocenters. The molecule has 0 N–H and O–H groups in total. The van der Waals surface area contributed by atoms with Crippen molar-refractivity contribution >= 4 is 28.9 Å². The Hall–Kier alpha value is -0.930. The topological polar surface area (TPSA) is 30.8 Å². The molecule has 0 saturated carbocycles. The second-order valence-corrected chi connectivity index (χ2v) is 5.01. The minimum Gasteiger partial charge on any atom is -0.495 e. The highest BCUT2D eigenvalue weighted by atomic mass is 35.5. The van der Waals surface area contributed by atoms with Crippen LogP contribution in [0.5, 0.6) is 5.75 Å². The maximum Gasteiger partial charge on any atom is 0.149 e. The quantitative estimate of drug-likeness (QED) is 0.790. The molecule has 0 spiro atoms. The summed E-state index contributed by atoms with van der Waals surface area (Å²) in [4.78, 5) is 5.26. The summed E-state index contributed by atoms with van der Waals surface area (Å²) in [5.74, 6) is 0.650. The second kappa shape index (κ2) is 5.15. The molecule has 5 heteroatoms. The van der Waals surface area contributed by atoms with Crippen molar-refractivity contribution in [3.8, 4) is 5.75 Å². The van der Waals surface area contributed by atoms with Crippen molar-refractivity contribution in [2.75, 3.05) is 7.11 Å². The summed E-state index contributed by atoms with van der Waals surface area (Å²) in [6.07, 6.45) is 0.639. The van der Waals surface area contributed by atoms with E-state index < -0.39 is 0 Å². The van der Waals surface area contributed by atoms with Crippen molar-refractivity contribution in [1.82, 2.24) is 0 Å². The van der Waals surface area contributed by atoms with Gasteiger partial charge in [-0.25, -0.2) is 0 Å². The van der Waals surface area contributed by atoms with Crippen molar-refractivity contribution in [2.24, 2.45) is 5.16 Å². The number of benzene rings is 1. The molecular weight excluding hydrogens is 261 g/mol. The number of rotatable bonds is 3. The van der Waals surface area contributed by atoms with Crippen LogP contribution in [0.3, 0.4) is 0 Å². The van der Waals surface area contributed by atoms with E-state index in [9.17, 15) is 0 Å². The average molecular weight is 274 g/mol. The van der Waals surface area contributed by atoms with Crippen LogP contribution in [0, 0.1) is 0 Å². The minimum atomic E-state index is -0.0648. The van der Waals surface area contributed by atoms with Crippen LogP contribution < -0.4 is 4.74 Å². The number of hydrogen-bond donors (Lipinski definition) is 0. The van der Waals surface area contributed by atoms with Crippen molar-refractivity contribution in [1.29, 1.82) is 0 Å². The SMILES string of the molecule is COc1ccc(C2=NOC(C(C)Cl)C2)cc1Cl. The minimum absolute atomic E-state index is 0.0625. The van der Waals surface area contributed by atoms with Gasteiger partial charge in [-0.15, -0.1) is 11.6 Å². The highest BCUT2D eigenvalue weighted by Crippen LogP contribution is 2.28. The maximum atomic E-state index is 6.06. The standard InChI is InChI=1S/C12H13Cl2NO2/c1-7(13)12-6-10(15-17-12)8-3-4-11(16-2)9(14)5-8/h3-5,7,12H,6H2,1-2H3. The first-order chi connectivity index (χ1) is 8.11. The van der Waals surface area contributed by atoms with Crippen molar-refractivity contribution in [2.45, 2.75) is 24.8 Å². The molecule has 0 aromatic heterocycles. The van der Waals surface area contributed by atoms with Gasteiger partial charge in [-0.2, -0.15) is 0 Å². The Morgan fingerprint density at radius 3 is 2.82 bits per heavy atom. The number of hydrogen-bond acceptors (Lipinski definition) is 3. The van der Waals surface area contributed by atoms with Crippen molar-refractivity contribution in [3.05, 3.63) is 28.8 Å². The van der Waals surface area contributed by atoms with E-state index >= 15 is 0 Å². The average Bonchev–Trinajstić information content (AvgIpc) is 2.78. The maximum absolute atomic E-state index is 6.06. The number of nitrogens with zero attached hydrogens (tertiary/aromatic N) is 1. The molecule has 0 bridgehead atoms. The van der Waals surface area contributed by atoms with Gasteiger partial charge in [-0.3, -0.25) is 0 Å². The van der Waals surface area contributed by atoms with Crippen LogP contribution in [0.1, 0.15) is 18.9 Å². The Bertz CT molecular complexity index is 446. The molecule has 0 fully saturated rings. The highest BCUT2D eigenvalue weighted by Gasteiger charge is 2.26. The first-order valence-corrected chi connectivity index (χ1v) is 6.14. The Balaban J connectivity index is 2.17. The van der Waals surface area contributed by atoms with E-state index in [1.165, 1.54) is 0 Å². The molecule has 1 heterocycles. The van der Waals surface area contributed by atoms with Gasteiger partial charge in [0.2, 0.25) is 0 Å². The Morgan fingerprint density at radius 1 is 1.53 bits per heavy atom. The number of methoxy groups -OCH3 is 1. The van der Waals surface area contributed by atoms with E-state index in [1.54, 1.807) is 7.11 Å². The summed E-state index contributed by atoms with van der Waals surface area (Å²) < 4.78 is 5.10. The molecular formula is C12H13Cl2NO2. The summed E-state index contributed by atoms with van der Waals surface area (Å²) >= 11 is 12.0. The summed E-state index contributed by atoms with van der Waals surface area (Å²) in [6, 6.07) is 5.55. The normalized spacial score (nSPS) is 20.7. The lowest BCUT2D eigenvalue weighted by atomic mass is 10.0. The molecule has 2 rings (SSSR count). The third-order valence-electron chi connectivity index (χ3n) is 2.69. The molecule has 3 nitrogen and oxygen atoms in total. The van der Waals surface area contributed by atoms with Gasteiger partial charge in [0.15, 0.2) is 0 Å². The van der Waals surface area contributed by atoms with Crippen LogP contribution in [0.4, 0.5) is 0 Å². The summed E-state index contributed by atoms with van der Waals surface area (Å²) in [6.45, 7) is 1.89. The Kier molecular flexibility index (Phi) is 3.79. The van der Waals surface area contributed by atoms with Gasteiger partial charge in [0.25, 0.3) is 0 Å². The van der Waals surface area contributed by atoms with E-state index in [4.69, 9.17) is 32.8 Å². The van der Waals surface area contributed by atoms with Gasteiger partial charge in [-0.1, -0.05) is 16.8 Å². The van der Waals surface area contributed by atoms with E-state index in [1.807, 2.05) is 25.1 Å². The fourth-order valence-electron chi connectivity index (χ4n) is 1.66. The van der Waals surface area contributed by atoms with E-state index in [0.717, 1.165) is 11.3 Å². The van der Waals surface area contributed by atoms with E-state index in [-0.39, 0.29) is 11.5 Å². The lowest BCUT2D eigenvalue weighted by Crippen LogP contribution is -2.18. The predicted molar refractivity (Wildman–Crippen MR) is 69.3 cm³/mol. The molecule has 0 amide bonds. The predicted octanol–water partition coefficient (Wildman–Crippen LogP) is 3.47. The number of halogens is 2. The fraction of sp³-hybridized carbons (Fsp3) is 0.417. The molecule has 1 aromatic carbocycles. The van der Waals surface area contributed by atoms with Crippen molar-refractivity contribution in [3.63, 3.8) is 0 Å². The molecule has 2 atom stereocenters. The lowest BCUT2D eigenvalue weighted by Gasteiger charge is -2.09. The number of ether oxygens (including phenoxy) is 1. The third kappa shape index (κ3) is 2.67. The molecule has 0 aliphatic carbocycles. The van der Waals surface area contributed by atoms with Gasteiger partial charge < -0.3 is 9.57 Å². The molecule has 0 radical (unpaired) electrons. The van der Waals surface area contributed by atoms with Crippen LogP contribution in [0.25, 0.3) is 0 Å². The molecule has 1 aliphatic heterocycles. The van der Waals surface area contributed by atoms with Gasteiger partial charge in [-0.05, 0) is 25.1 Å². The summed E-state index contributed by atoms with van der Waals surface area (Å²) in [7, 11) is 1.59. The van der Waals surface area contributed by atoms with Crippen LogP contribution in [-0.2, 0) is 4.84 Å². The Morgan fingerprint density at radius 2 is 2.29 bits per heavy atom. The zero-order chi connectivity index (χ0) is 12.4. The summed E-state index contributed by atoms with van der Waals surface area (Å²) in [5.41, 5.74) is 1.81. The third-order valence-corrected chi connectivity index (χ3v) is 3.27. The zero-order valence-corrected chi connectivity index (χ0v) is 11.1. The second-order valence-electron chi connectivity index (χ2n) is 3.91. The molecule has 17 heavy (non-hydrogen) atoms. The monoisotopic (exact) mass is 273 g/mol. The molecule has 92 valence electrons. The lowest BCUT2D eigenvalue weighted by molar-refractivity contribution is 0.0855. The van der Waals surface area contributed by atoms with Crippen LogP contribution in [0.2, 0.25) is 5.02 Å². The van der Waals surface area contributed by atoms with Gasteiger partial charge in [0.05, 0.1) is 23.2 Å². The largest absolute Gasteiger partial charge is 0.495 e. The fourth-order valence-corrected chi connectivity index (χ4v) is 2.05. The number of oxime groups is 1. The number of alkyl halides is 1. The molecule has 0 saturated heterocycles. The van der Waals surface area contributed by atoms with Crippen molar-refractivity contribution < 1.29 is 9.57 Å². The van der Waals surface area contributed by atoms with E-state index in [2.05, 4.69) is 5.16 Å². The van der Waals surface area contributed by atoms with Gasteiger partial charge >= 0.3 is 0 Å². The van der Waals surface area contributed by atoms with E-state index in [0.29, 0.717) is 17.2 Å². The van der Waals surface area contributed by atoms with Crippen LogP contribution >= 0.6 is 23.2 Å². The highest BCUT2D eigenvalue weighted by molar-refractivity contribution is 6.32. The van der Waals surface area contributed by atoms with Gasteiger partial charge in [0, 0.05) is 12.0 Å². The zero-order valence-electron chi connectivity index (χ0n) is 9.61. The first kappa shape index (κ1) is 12.5.